The maximum Gasteiger partial charge on any atom is 0.308 e. The number of carboxylic acids is 1. The molecule has 0 aliphatic heterocycles. The van der Waals surface area contributed by atoms with Gasteiger partial charge in [0.25, 0.3) is 5.91 Å². The van der Waals surface area contributed by atoms with Gasteiger partial charge in [0.15, 0.2) is 10.8 Å². The maximum atomic E-state index is 12.5. The van der Waals surface area contributed by atoms with E-state index >= 15 is 0 Å². The van der Waals surface area contributed by atoms with Crippen LogP contribution >= 0.6 is 11.3 Å². The highest BCUT2D eigenvalue weighted by Gasteiger charge is 2.34. The minimum absolute atomic E-state index is 0.277. The Bertz CT molecular complexity index is 732. The number of rotatable bonds is 4. The predicted octanol–water partition coefficient (Wildman–Crippen LogP) is 1.89. The molecule has 0 bridgehead atoms. The molecule has 1 saturated carbocycles. The average Bonchev–Trinajstić information content (AvgIpc) is 3.14. The number of hydrogen-bond donors (Lipinski definition) is 2. The van der Waals surface area contributed by atoms with E-state index in [0.717, 1.165) is 6.42 Å². The van der Waals surface area contributed by atoms with E-state index in [0.29, 0.717) is 34.2 Å². The highest BCUT2D eigenvalue weighted by Crippen LogP contribution is 2.28. The van der Waals surface area contributed by atoms with Gasteiger partial charge in [0.05, 0.1) is 11.6 Å². The number of aromatic nitrogens is 3. The molecule has 0 saturated heterocycles. The fourth-order valence-electron chi connectivity index (χ4n) is 2.77. The Morgan fingerprint density at radius 1 is 1.30 bits per heavy atom. The summed E-state index contributed by atoms with van der Waals surface area (Å²) in [4.78, 5) is 36.7. The summed E-state index contributed by atoms with van der Waals surface area (Å²) in [6.07, 6.45) is 5.34. The van der Waals surface area contributed by atoms with Crippen LogP contribution in [0.15, 0.2) is 18.5 Å². The molecule has 2 atom stereocenters. The third-order valence-electron chi connectivity index (χ3n) is 3.91. The molecule has 120 valence electrons. The zero-order valence-electron chi connectivity index (χ0n) is 12.5. The molecule has 1 aliphatic rings. The molecule has 0 radical (unpaired) electrons. The number of carboxylic acid groups (broad SMARTS) is 1. The van der Waals surface area contributed by atoms with Gasteiger partial charge in [-0.05, 0) is 25.8 Å². The van der Waals surface area contributed by atoms with Crippen LogP contribution in [0.1, 0.15) is 34.6 Å². The largest absolute Gasteiger partial charge is 0.481 e. The standard InChI is InChI=1S/C15H16N4O3S/c1-8-11(23-14(18-8)12-16-6-3-7-17-12)13(20)19-10-5-2-4-9(10)15(21)22/h3,6-7,9-10H,2,4-5H2,1H3,(H,19,20)(H,21,22). The summed E-state index contributed by atoms with van der Waals surface area (Å²) in [5.74, 6) is -1.17. The summed E-state index contributed by atoms with van der Waals surface area (Å²) in [5, 5.41) is 12.6. The monoisotopic (exact) mass is 332 g/mol. The van der Waals surface area contributed by atoms with E-state index in [1.165, 1.54) is 11.3 Å². The van der Waals surface area contributed by atoms with Gasteiger partial charge in [-0.2, -0.15) is 0 Å². The fourth-order valence-corrected chi connectivity index (χ4v) is 3.69. The lowest BCUT2D eigenvalue weighted by Gasteiger charge is -2.17. The summed E-state index contributed by atoms with van der Waals surface area (Å²) in [5.41, 5.74) is 0.597. The number of aliphatic carboxylic acids is 1. The number of nitrogens with one attached hydrogen (secondary N) is 1. The van der Waals surface area contributed by atoms with Crippen molar-refractivity contribution in [3.8, 4) is 10.8 Å². The van der Waals surface area contributed by atoms with E-state index in [2.05, 4.69) is 20.3 Å². The first kappa shape index (κ1) is 15.5. The van der Waals surface area contributed by atoms with E-state index in [-0.39, 0.29) is 11.9 Å². The quantitative estimate of drug-likeness (QED) is 0.886. The molecular weight excluding hydrogens is 316 g/mol. The lowest BCUT2D eigenvalue weighted by atomic mass is 10.0. The van der Waals surface area contributed by atoms with Gasteiger partial charge in [-0.3, -0.25) is 9.59 Å². The van der Waals surface area contributed by atoms with Crippen LogP contribution in [0.3, 0.4) is 0 Å². The van der Waals surface area contributed by atoms with Crippen LogP contribution in [0.2, 0.25) is 0 Å². The Hall–Kier alpha value is -2.35. The predicted molar refractivity (Wildman–Crippen MR) is 84.1 cm³/mol. The molecule has 2 heterocycles. The van der Waals surface area contributed by atoms with Crippen molar-refractivity contribution < 1.29 is 14.7 Å². The van der Waals surface area contributed by atoms with Gasteiger partial charge < -0.3 is 10.4 Å². The molecule has 8 heteroatoms. The first-order valence-corrected chi connectivity index (χ1v) is 8.16. The van der Waals surface area contributed by atoms with Crippen LogP contribution < -0.4 is 5.32 Å². The van der Waals surface area contributed by atoms with Crippen LogP contribution in [0.5, 0.6) is 0 Å². The molecule has 0 aromatic carbocycles. The number of nitrogens with zero attached hydrogens (tertiary/aromatic N) is 3. The van der Waals surface area contributed by atoms with E-state index in [9.17, 15) is 14.7 Å². The van der Waals surface area contributed by atoms with Crippen molar-refractivity contribution in [2.24, 2.45) is 5.92 Å². The van der Waals surface area contributed by atoms with Crippen molar-refractivity contribution in [1.29, 1.82) is 0 Å². The van der Waals surface area contributed by atoms with Gasteiger partial charge >= 0.3 is 5.97 Å². The molecule has 2 unspecified atom stereocenters. The van der Waals surface area contributed by atoms with Gasteiger partial charge in [0.2, 0.25) is 0 Å². The Kier molecular flexibility index (Phi) is 4.33. The molecule has 2 aromatic rings. The lowest BCUT2D eigenvalue weighted by molar-refractivity contribution is -0.142. The Labute approximate surface area is 136 Å². The maximum absolute atomic E-state index is 12.5. The van der Waals surface area contributed by atoms with Crippen molar-refractivity contribution >= 4 is 23.2 Å². The minimum Gasteiger partial charge on any atom is -0.481 e. The molecule has 23 heavy (non-hydrogen) atoms. The molecular formula is C15H16N4O3S. The molecule has 1 amide bonds. The summed E-state index contributed by atoms with van der Waals surface area (Å²) in [6, 6.07) is 1.39. The summed E-state index contributed by atoms with van der Waals surface area (Å²) in [6.45, 7) is 1.75. The number of aryl methyl sites for hydroxylation is 1. The van der Waals surface area contributed by atoms with Crippen LogP contribution in [-0.4, -0.2) is 38.0 Å². The fraction of sp³-hybridized carbons (Fsp3) is 0.400. The van der Waals surface area contributed by atoms with Gasteiger partial charge in [-0.1, -0.05) is 6.42 Å². The second-order valence-corrected chi connectivity index (χ2v) is 6.46. The highest BCUT2D eigenvalue weighted by molar-refractivity contribution is 7.17. The third kappa shape index (κ3) is 3.21. The molecule has 3 rings (SSSR count). The first-order chi connectivity index (χ1) is 11.1. The normalized spacial score (nSPS) is 20.4. The number of carbonyl (C=O) groups excluding carboxylic acids is 1. The summed E-state index contributed by atoms with van der Waals surface area (Å²) in [7, 11) is 0. The van der Waals surface area contributed by atoms with Crippen molar-refractivity contribution in [3.05, 3.63) is 29.0 Å². The zero-order chi connectivity index (χ0) is 16.4. The minimum atomic E-state index is -0.854. The smallest absolute Gasteiger partial charge is 0.308 e. The Morgan fingerprint density at radius 2 is 2.04 bits per heavy atom. The van der Waals surface area contributed by atoms with Gasteiger partial charge in [0, 0.05) is 18.4 Å². The average molecular weight is 332 g/mol. The number of carbonyl (C=O) groups is 2. The lowest BCUT2D eigenvalue weighted by Crippen LogP contribution is -2.40. The number of amides is 1. The van der Waals surface area contributed by atoms with E-state index in [1.807, 2.05) is 0 Å². The topological polar surface area (TPSA) is 105 Å². The Balaban J connectivity index is 1.78. The third-order valence-corrected chi connectivity index (χ3v) is 5.06. The molecule has 7 nitrogen and oxygen atoms in total. The van der Waals surface area contributed by atoms with Gasteiger partial charge in [-0.15, -0.1) is 11.3 Å². The Morgan fingerprint density at radius 3 is 2.74 bits per heavy atom. The van der Waals surface area contributed by atoms with Crippen molar-refractivity contribution in [3.63, 3.8) is 0 Å². The first-order valence-electron chi connectivity index (χ1n) is 7.34. The summed E-state index contributed by atoms with van der Waals surface area (Å²) >= 11 is 1.22. The second kappa shape index (κ2) is 6.41. The van der Waals surface area contributed by atoms with Gasteiger partial charge in [0.1, 0.15) is 4.88 Å². The van der Waals surface area contributed by atoms with Crippen molar-refractivity contribution in [2.75, 3.05) is 0 Å². The molecule has 0 spiro atoms. The summed E-state index contributed by atoms with van der Waals surface area (Å²) < 4.78 is 0. The van der Waals surface area contributed by atoms with Crippen LogP contribution in [0.25, 0.3) is 10.8 Å². The number of thiazole rings is 1. The van der Waals surface area contributed by atoms with Crippen molar-refractivity contribution in [2.45, 2.75) is 32.2 Å². The van der Waals surface area contributed by atoms with E-state index in [4.69, 9.17) is 0 Å². The van der Waals surface area contributed by atoms with Crippen molar-refractivity contribution in [1.82, 2.24) is 20.3 Å². The molecule has 1 fully saturated rings. The van der Waals surface area contributed by atoms with Crippen LogP contribution in [0, 0.1) is 12.8 Å². The SMILES string of the molecule is Cc1nc(-c2ncccn2)sc1C(=O)NC1CCCC1C(=O)O. The molecule has 1 aliphatic carbocycles. The second-order valence-electron chi connectivity index (χ2n) is 5.46. The highest BCUT2D eigenvalue weighted by atomic mass is 32.1. The van der Waals surface area contributed by atoms with E-state index < -0.39 is 11.9 Å². The van der Waals surface area contributed by atoms with Crippen LogP contribution in [-0.2, 0) is 4.79 Å². The van der Waals surface area contributed by atoms with E-state index in [1.54, 1.807) is 25.4 Å². The van der Waals surface area contributed by atoms with Crippen LogP contribution in [0.4, 0.5) is 0 Å². The molecule has 2 N–H and O–H groups in total. The van der Waals surface area contributed by atoms with Gasteiger partial charge in [-0.25, -0.2) is 15.0 Å². The zero-order valence-corrected chi connectivity index (χ0v) is 13.3. The molecule has 2 aromatic heterocycles. The number of hydrogen-bond acceptors (Lipinski definition) is 6.